The van der Waals surface area contributed by atoms with Crippen LogP contribution in [0.3, 0.4) is 0 Å². The number of unbranched alkanes of at least 4 members (excludes halogenated alkanes) is 1. The van der Waals surface area contributed by atoms with Gasteiger partial charge < -0.3 is 20.1 Å². The van der Waals surface area contributed by atoms with Crippen molar-refractivity contribution in [3.8, 4) is 11.5 Å². The van der Waals surface area contributed by atoms with Gasteiger partial charge in [0.2, 0.25) is 16.2 Å². The minimum Gasteiger partial charge on any atom is -0.497 e. The summed E-state index contributed by atoms with van der Waals surface area (Å²) in [6.45, 7) is 0. The summed E-state index contributed by atoms with van der Waals surface area (Å²) in [7, 11) is 4.99. The van der Waals surface area contributed by atoms with Crippen LogP contribution in [0.4, 0.5) is 10.3 Å². The summed E-state index contributed by atoms with van der Waals surface area (Å²) in [5.74, 6) is 1.12. The number of hydrogen-bond donors (Lipinski definition) is 2. The summed E-state index contributed by atoms with van der Waals surface area (Å²) >= 11 is 2.97. The fourth-order valence-corrected chi connectivity index (χ4v) is 4.28. The van der Waals surface area contributed by atoms with Crippen LogP contribution in [0.15, 0.2) is 18.2 Å². The molecular weight excluding hydrogens is 424 g/mol. The molecule has 0 saturated heterocycles. The van der Waals surface area contributed by atoms with Gasteiger partial charge in [0.25, 0.3) is 0 Å². The van der Waals surface area contributed by atoms with E-state index in [2.05, 4.69) is 31.0 Å². The molecule has 1 aromatic carbocycles. The minimum atomic E-state index is -0.169. The molecule has 0 saturated carbocycles. The summed E-state index contributed by atoms with van der Waals surface area (Å²) < 4.78 is 10.5. The predicted molar refractivity (Wildman–Crippen MR) is 118 cm³/mol. The molecule has 2 aromatic heterocycles. The second-order valence-corrected chi connectivity index (χ2v) is 8.49. The van der Waals surface area contributed by atoms with Gasteiger partial charge >= 0.3 is 0 Å². The smallest absolute Gasteiger partial charge is 0.230 e. The molecule has 160 valence electrons. The van der Waals surface area contributed by atoms with Crippen molar-refractivity contribution in [3.63, 3.8) is 0 Å². The lowest BCUT2D eigenvalue weighted by molar-refractivity contribution is -0.115. The number of anilines is 2. The normalized spacial score (nSPS) is 10.6. The number of aromatic nitrogens is 4. The first-order chi connectivity index (χ1) is 14.6. The Hall–Kier alpha value is -2.79. The van der Waals surface area contributed by atoms with Crippen LogP contribution in [0, 0.1) is 0 Å². The Bertz CT molecular complexity index is 975. The fraction of sp³-hybridized carbons (Fsp3) is 0.421. The van der Waals surface area contributed by atoms with Crippen molar-refractivity contribution in [2.75, 3.05) is 31.9 Å². The molecular formula is C19H24N6O3S2. The molecule has 11 heteroatoms. The third kappa shape index (κ3) is 6.10. The van der Waals surface area contributed by atoms with E-state index >= 15 is 0 Å². The van der Waals surface area contributed by atoms with Gasteiger partial charge in [-0.15, -0.1) is 20.4 Å². The lowest BCUT2D eigenvalue weighted by atomic mass is 10.1. The molecule has 1 amide bonds. The number of carbonyl (C=O) groups is 1. The van der Waals surface area contributed by atoms with E-state index in [0.29, 0.717) is 16.6 Å². The Balaban J connectivity index is 1.45. The van der Waals surface area contributed by atoms with Crippen LogP contribution in [0.25, 0.3) is 0 Å². The molecule has 0 fully saturated rings. The van der Waals surface area contributed by atoms with E-state index in [0.717, 1.165) is 46.4 Å². The number of aryl methyl sites for hydroxylation is 2. The number of ether oxygens (including phenoxy) is 2. The minimum absolute atomic E-state index is 0.169. The zero-order valence-corrected chi connectivity index (χ0v) is 18.7. The summed E-state index contributed by atoms with van der Waals surface area (Å²) in [5, 5.41) is 25.5. The molecule has 0 unspecified atom stereocenters. The first-order valence-corrected chi connectivity index (χ1v) is 11.1. The van der Waals surface area contributed by atoms with Crippen molar-refractivity contribution in [2.24, 2.45) is 0 Å². The Morgan fingerprint density at radius 3 is 2.23 bits per heavy atom. The van der Waals surface area contributed by atoms with Gasteiger partial charge in [0.1, 0.15) is 21.5 Å². The van der Waals surface area contributed by atoms with Crippen LogP contribution in [-0.2, 0) is 24.1 Å². The molecule has 0 spiro atoms. The summed E-state index contributed by atoms with van der Waals surface area (Å²) in [5.41, 5.74) is 0.777. The number of nitrogens with one attached hydrogen (secondary N) is 2. The molecule has 0 aliphatic heterocycles. The lowest BCUT2D eigenvalue weighted by Gasteiger charge is -2.09. The van der Waals surface area contributed by atoms with Gasteiger partial charge in [0, 0.05) is 31.5 Å². The molecule has 30 heavy (non-hydrogen) atoms. The van der Waals surface area contributed by atoms with Crippen LogP contribution in [-0.4, -0.2) is 47.6 Å². The standard InChI is InChI=1S/C19H24N6O3S2/c1-20-18-24-22-16(29-18)6-4-5-7-17-23-25-19(30-17)21-15(26)10-12-8-9-13(27-2)11-14(12)28-3/h8-9,11H,4-7,10H2,1-3H3,(H,20,24)(H,21,25,26). The van der Waals surface area contributed by atoms with E-state index in [9.17, 15) is 4.79 Å². The summed E-state index contributed by atoms with van der Waals surface area (Å²) in [4.78, 5) is 12.4. The highest BCUT2D eigenvalue weighted by Crippen LogP contribution is 2.25. The maximum absolute atomic E-state index is 12.4. The number of hydrogen-bond acceptors (Lipinski definition) is 10. The van der Waals surface area contributed by atoms with Crippen molar-refractivity contribution in [2.45, 2.75) is 32.1 Å². The first-order valence-electron chi connectivity index (χ1n) is 9.44. The van der Waals surface area contributed by atoms with Crippen LogP contribution in [0.1, 0.15) is 28.4 Å². The molecule has 0 radical (unpaired) electrons. The van der Waals surface area contributed by atoms with E-state index in [1.165, 1.54) is 11.3 Å². The van der Waals surface area contributed by atoms with Crippen LogP contribution < -0.4 is 20.1 Å². The van der Waals surface area contributed by atoms with Crippen molar-refractivity contribution >= 4 is 38.8 Å². The molecule has 3 aromatic rings. The van der Waals surface area contributed by atoms with Gasteiger partial charge in [0.05, 0.1) is 20.6 Å². The third-order valence-corrected chi connectivity index (χ3v) is 6.17. The highest BCUT2D eigenvalue weighted by atomic mass is 32.1. The number of nitrogens with zero attached hydrogens (tertiary/aromatic N) is 4. The van der Waals surface area contributed by atoms with E-state index in [1.54, 1.807) is 37.7 Å². The molecule has 0 aliphatic rings. The molecule has 0 aliphatic carbocycles. The Morgan fingerprint density at radius 2 is 1.63 bits per heavy atom. The molecule has 2 N–H and O–H groups in total. The molecule has 2 heterocycles. The lowest BCUT2D eigenvalue weighted by Crippen LogP contribution is -2.14. The van der Waals surface area contributed by atoms with Gasteiger partial charge in [0.15, 0.2) is 0 Å². The number of carbonyl (C=O) groups excluding carboxylic acids is 1. The van der Waals surface area contributed by atoms with Gasteiger partial charge in [-0.1, -0.05) is 28.7 Å². The van der Waals surface area contributed by atoms with Gasteiger partial charge in [-0.2, -0.15) is 0 Å². The number of amides is 1. The molecule has 0 atom stereocenters. The number of benzene rings is 1. The number of methoxy groups -OCH3 is 2. The van der Waals surface area contributed by atoms with E-state index in [1.807, 2.05) is 13.1 Å². The Kier molecular flexibility index (Phi) is 7.91. The quantitative estimate of drug-likeness (QED) is 0.430. The van der Waals surface area contributed by atoms with Crippen molar-refractivity contribution < 1.29 is 14.3 Å². The van der Waals surface area contributed by atoms with Crippen molar-refractivity contribution in [1.29, 1.82) is 0 Å². The Labute approximate surface area is 182 Å². The SMILES string of the molecule is CNc1nnc(CCCCc2nnc(NC(=O)Cc3ccc(OC)cc3OC)s2)s1. The fourth-order valence-electron chi connectivity index (χ4n) is 2.75. The monoisotopic (exact) mass is 448 g/mol. The van der Waals surface area contributed by atoms with Crippen molar-refractivity contribution in [3.05, 3.63) is 33.8 Å². The second kappa shape index (κ2) is 10.8. The largest absolute Gasteiger partial charge is 0.497 e. The maximum Gasteiger partial charge on any atom is 0.230 e. The third-order valence-electron chi connectivity index (χ3n) is 4.27. The van der Waals surface area contributed by atoms with Gasteiger partial charge in [-0.25, -0.2) is 0 Å². The molecule has 9 nitrogen and oxygen atoms in total. The Morgan fingerprint density at radius 1 is 0.967 bits per heavy atom. The van der Waals surface area contributed by atoms with Gasteiger partial charge in [-0.3, -0.25) is 4.79 Å². The predicted octanol–water partition coefficient (Wildman–Crippen LogP) is 3.20. The summed E-state index contributed by atoms with van der Waals surface area (Å²) in [6, 6.07) is 5.38. The van der Waals surface area contributed by atoms with E-state index < -0.39 is 0 Å². The van der Waals surface area contributed by atoms with E-state index in [-0.39, 0.29) is 12.3 Å². The average molecular weight is 449 g/mol. The zero-order chi connectivity index (χ0) is 21.3. The highest BCUT2D eigenvalue weighted by molar-refractivity contribution is 7.15. The van der Waals surface area contributed by atoms with E-state index in [4.69, 9.17) is 9.47 Å². The molecule has 0 bridgehead atoms. The topological polar surface area (TPSA) is 111 Å². The van der Waals surface area contributed by atoms with Crippen molar-refractivity contribution in [1.82, 2.24) is 20.4 Å². The van der Waals surface area contributed by atoms with Crippen LogP contribution in [0.2, 0.25) is 0 Å². The highest BCUT2D eigenvalue weighted by Gasteiger charge is 2.13. The molecule has 3 rings (SSSR count). The van der Waals surface area contributed by atoms with Crippen LogP contribution in [0.5, 0.6) is 11.5 Å². The van der Waals surface area contributed by atoms with Crippen LogP contribution >= 0.6 is 22.7 Å². The first kappa shape index (κ1) is 21.9. The second-order valence-electron chi connectivity index (χ2n) is 6.36. The summed E-state index contributed by atoms with van der Waals surface area (Å²) in [6.07, 6.45) is 3.86. The zero-order valence-electron chi connectivity index (χ0n) is 17.1. The average Bonchev–Trinajstić information content (AvgIpc) is 3.40. The maximum atomic E-state index is 12.4. The number of rotatable bonds is 11. The van der Waals surface area contributed by atoms with Gasteiger partial charge in [-0.05, 0) is 18.9 Å².